The van der Waals surface area contributed by atoms with Crippen molar-refractivity contribution in [3.05, 3.63) is 15.0 Å². The largest absolute Gasteiger partial charge is 0.308 e. The third-order valence-corrected chi connectivity index (χ3v) is 3.93. The summed E-state index contributed by atoms with van der Waals surface area (Å²) in [6.07, 6.45) is 4.40. The molecule has 1 aromatic rings. The van der Waals surface area contributed by atoms with Crippen molar-refractivity contribution in [3.8, 4) is 0 Å². The van der Waals surface area contributed by atoms with E-state index in [1.165, 1.54) is 12.8 Å². The van der Waals surface area contributed by atoms with E-state index in [1.54, 1.807) is 11.3 Å². The predicted octanol–water partition coefficient (Wildman–Crippen LogP) is 3.99. The minimum atomic E-state index is 0.369. The van der Waals surface area contributed by atoms with Gasteiger partial charge in [0.05, 0.1) is 16.0 Å². The van der Waals surface area contributed by atoms with Crippen LogP contribution in [0.15, 0.2) is 9.98 Å². The fourth-order valence-corrected chi connectivity index (χ4v) is 2.65. The standard InChI is InChI=1S/C11H19BrN2S/c1-8(2)5-4-6-13-9(3)11-14-7-10(12)15-11/h7-9,13H,4-6H2,1-3H3. The normalized spacial score (nSPS) is 13.4. The molecule has 1 aromatic heterocycles. The summed E-state index contributed by atoms with van der Waals surface area (Å²) >= 11 is 5.13. The molecule has 0 saturated carbocycles. The maximum atomic E-state index is 4.34. The summed E-state index contributed by atoms with van der Waals surface area (Å²) in [5, 5.41) is 4.65. The fraction of sp³-hybridized carbons (Fsp3) is 0.727. The average Bonchev–Trinajstić information content (AvgIpc) is 2.59. The molecule has 0 spiro atoms. The molecule has 1 rings (SSSR count). The Morgan fingerprint density at radius 3 is 2.73 bits per heavy atom. The molecule has 1 heterocycles. The molecule has 2 nitrogen and oxygen atoms in total. The number of hydrogen-bond acceptors (Lipinski definition) is 3. The second-order valence-corrected chi connectivity index (χ2v) is 6.66. The highest BCUT2D eigenvalue weighted by Gasteiger charge is 2.08. The van der Waals surface area contributed by atoms with Gasteiger partial charge in [0.1, 0.15) is 5.01 Å². The lowest BCUT2D eigenvalue weighted by Crippen LogP contribution is -2.19. The van der Waals surface area contributed by atoms with Gasteiger partial charge in [0.15, 0.2) is 0 Å². The SMILES string of the molecule is CC(C)CCCNC(C)c1ncc(Br)s1. The van der Waals surface area contributed by atoms with Gasteiger partial charge in [-0.15, -0.1) is 11.3 Å². The van der Waals surface area contributed by atoms with E-state index in [4.69, 9.17) is 0 Å². The summed E-state index contributed by atoms with van der Waals surface area (Å²) < 4.78 is 1.10. The zero-order valence-corrected chi connectivity index (χ0v) is 12.0. The molecule has 86 valence electrons. The van der Waals surface area contributed by atoms with Gasteiger partial charge in [-0.3, -0.25) is 0 Å². The molecule has 15 heavy (non-hydrogen) atoms. The van der Waals surface area contributed by atoms with E-state index in [9.17, 15) is 0 Å². The highest BCUT2D eigenvalue weighted by atomic mass is 79.9. The van der Waals surface area contributed by atoms with Crippen LogP contribution in [0.25, 0.3) is 0 Å². The number of aromatic nitrogens is 1. The Labute approximate surface area is 105 Å². The molecule has 1 N–H and O–H groups in total. The number of nitrogens with zero attached hydrogens (tertiary/aromatic N) is 1. The van der Waals surface area contributed by atoms with Crippen molar-refractivity contribution >= 4 is 27.3 Å². The first-order valence-corrected chi connectivity index (χ1v) is 7.05. The van der Waals surface area contributed by atoms with Gasteiger partial charge in [-0.25, -0.2) is 4.98 Å². The molecule has 0 amide bonds. The van der Waals surface area contributed by atoms with Crippen LogP contribution < -0.4 is 5.32 Å². The van der Waals surface area contributed by atoms with Crippen LogP contribution in [-0.4, -0.2) is 11.5 Å². The molecule has 0 aliphatic heterocycles. The van der Waals surface area contributed by atoms with Crippen molar-refractivity contribution in [3.63, 3.8) is 0 Å². The molecular weight excluding hydrogens is 272 g/mol. The molecule has 0 radical (unpaired) electrons. The highest BCUT2D eigenvalue weighted by molar-refractivity contribution is 9.11. The topological polar surface area (TPSA) is 24.9 Å². The third kappa shape index (κ3) is 5.09. The second kappa shape index (κ2) is 6.61. The van der Waals surface area contributed by atoms with Gasteiger partial charge < -0.3 is 5.32 Å². The zero-order chi connectivity index (χ0) is 11.3. The highest BCUT2D eigenvalue weighted by Crippen LogP contribution is 2.23. The summed E-state index contributed by atoms with van der Waals surface area (Å²) in [6, 6.07) is 0.369. The molecule has 0 saturated heterocycles. The van der Waals surface area contributed by atoms with Crippen LogP contribution in [0.4, 0.5) is 0 Å². The lowest BCUT2D eigenvalue weighted by molar-refractivity contribution is 0.497. The van der Waals surface area contributed by atoms with Crippen LogP contribution in [0.5, 0.6) is 0 Å². The Hall–Kier alpha value is 0.0700. The Kier molecular flexibility index (Phi) is 5.79. The number of hydrogen-bond donors (Lipinski definition) is 1. The number of halogens is 1. The Bertz CT molecular complexity index is 286. The average molecular weight is 291 g/mol. The van der Waals surface area contributed by atoms with E-state index in [0.717, 1.165) is 21.3 Å². The summed E-state index contributed by atoms with van der Waals surface area (Å²) in [6.45, 7) is 7.78. The van der Waals surface area contributed by atoms with Crippen molar-refractivity contribution in [1.82, 2.24) is 10.3 Å². The monoisotopic (exact) mass is 290 g/mol. The molecule has 0 bridgehead atoms. The van der Waals surface area contributed by atoms with Crippen molar-refractivity contribution in [2.45, 2.75) is 39.7 Å². The molecule has 0 aliphatic rings. The van der Waals surface area contributed by atoms with Crippen LogP contribution in [0, 0.1) is 5.92 Å². The molecule has 4 heteroatoms. The van der Waals surface area contributed by atoms with Gasteiger partial charge in [-0.2, -0.15) is 0 Å². The summed E-state index contributed by atoms with van der Waals surface area (Å²) in [7, 11) is 0. The fourth-order valence-electron chi connectivity index (χ4n) is 1.38. The molecule has 0 aromatic carbocycles. The van der Waals surface area contributed by atoms with Gasteiger partial charge in [-0.05, 0) is 48.2 Å². The van der Waals surface area contributed by atoms with Crippen LogP contribution in [0.3, 0.4) is 0 Å². The molecule has 1 atom stereocenters. The quantitative estimate of drug-likeness (QED) is 0.802. The van der Waals surface area contributed by atoms with E-state index < -0.39 is 0 Å². The van der Waals surface area contributed by atoms with Gasteiger partial charge in [0.25, 0.3) is 0 Å². The summed E-state index contributed by atoms with van der Waals surface area (Å²) in [4.78, 5) is 4.34. The van der Waals surface area contributed by atoms with Crippen LogP contribution in [0.2, 0.25) is 0 Å². The Morgan fingerprint density at radius 2 is 2.20 bits per heavy atom. The number of nitrogens with one attached hydrogen (secondary N) is 1. The molecule has 1 unspecified atom stereocenters. The van der Waals surface area contributed by atoms with E-state index in [0.29, 0.717) is 6.04 Å². The van der Waals surface area contributed by atoms with Crippen molar-refractivity contribution in [2.75, 3.05) is 6.54 Å². The van der Waals surface area contributed by atoms with Crippen LogP contribution in [0.1, 0.15) is 44.7 Å². The number of thiazole rings is 1. The number of rotatable bonds is 6. The van der Waals surface area contributed by atoms with Gasteiger partial charge in [0, 0.05) is 0 Å². The summed E-state index contributed by atoms with van der Waals surface area (Å²) in [5.74, 6) is 0.802. The molecule has 0 fully saturated rings. The van der Waals surface area contributed by atoms with E-state index >= 15 is 0 Å². The first-order valence-electron chi connectivity index (χ1n) is 5.44. The smallest absolute Gasteiger partial charge is 0.110 e. The predicted molar refractivity (Wildman–Crippen MR) is 70.3 cm³/mol. The Morgan fingerprint density at radius 1 is 1.47 bits per heavy atom. The zero-order valence-electron chi connectivity index (χ0n) is 9.59. The maximum absolute atomic E-state index is 4.34. The molecular formula is C11H19BrN2S. The maximum Gasteiger partial charge on any atom is 0.110 e. The van der Waals surface area contributed by atoms with E-state index in [2.05, 4.69) is 47.0 Å². The molecule has 0 aliphatic carbocycles. The Balaban J connectivity index is 2.21. The minimum Gasteiger partial charge on any atom is -0.308 e. The van der Waals surface area contributed by atoms with Gasteiger partial charge in [0.2, 0.25) is 0 Å². The van der Waals surface area contributed by atoms with E-state index in [-0.39, 0.29) is 0 Å². The third-order valence-electron chi connectivity index (χ3n) is 2.27. The lowest BCUT2D eigenvalue weighted by Gasteiger charge is -2.11. The first kappa shape index (κ1) is 13.1. The van der Waals surface area contributed by atoms with Crippen LogP contribution >= 0.6 is 27.3 Å². The van der Waals surface area contributed by atoms with E-state index in [1.807, 2.05) is 6.20 Å². The second-order valence-electron chi connectivity index (χ2n) is 4.21. The van der Waals surface area contributed by atoms with Gasteiger partial charge in [-0.1, -0.05) is 13.8 Å². The van der Waals surface area contributed by atoms with Crippen molar-refractivity contribution < 1.29 is 0 Å². The summed E-state index contributed by atoms with van der Waals surface area (Å²) in [5.41, 5.74) is 0. The van der Waals surface area contributed by atoms with Crippen molar-refractivity contribution in [1.29, 1.82) is 0 Å². The van der Waals surface area contributed by atoms with Crippen molar-refractivity contribution in [2.24, 2.45) is 5.92 Å². The minimum absolute atomic E-state index is 0.369. The lowest BCUT2D eigenvalue weighted by atomic mass is 10.1. The van der Waals surface area contributed by atoms with Gasteiger partial charge >= 0.3 is 0 Å². The van der Waals surface area contributed by atoms with Crippen LogP contribution in [-0.2, 0) is 0 Å². The first-order chi connectivity index (χ1) is 7.09.